The number of nitriles is 1. The Balaban J connectivity index is 1.22. The molecule has 5 nitrogen and oxygen atoms in total. The predicted octanol–water partition coefficient (Wildman–Crippen LogP) is 6.54. The molecule has 5 rings (SSSR count). The molecule has 0 bridgehead atoms. The van der Waals surface area contributed by atoms with Crippen LogP contribution in [0.25, 0.3) is 5.57 Å². The van der Waals surface area contributed by atoms with Crippen LogP contribution in [0.5, 0.6) is 0 Å². The summed E-state index contributed by atoms with van der Waals surface area (Å²) in [6.07, 6.45) is 20.0. The topological polar surface area (TPSA) is 50.6 Å². The van der Waals surface area contributed by atoms with Gasteiger partial charge in [0.2, 0.25) is 0 Å². The van der Waals surface area contributed by atoms with Gasteiger partial charge in [-0.2, -0.15) is 5.26 Å². The van der Waals surface area contributed by atoms with E-state index in [2.05, 4.69) is 66.1 Å². The molecule has 0 N–H and O–H groups in total. The van der Waals surface area contributed by atoms with E-state index in [1.54, 1.807) is 0 Å². The van der Waals surface area contributed by atoms with E-state index in [9.17, 15) is 4.79 Å². The van der Waals surface area contributed by atoms with Gasteiger partial charge >= 0.3 is 0 Å². The van der Waals surface area contributed by atoms with Crippen molar-refractivity contribution in [2.75, 3.05) is 33.2 Å². The number of rotatable bonds is 5. The van der Waals surface area contributed by atoms with Crippen molar-refractivity contribution in [2.24, 2.45) is 17.8 Å². The van der Waals surface area contributed by atoms with E-state index in [1.807, 2.05) is 42.2 Å². The summed E-state index contributed by atoms with van der Waals surface area (Å²) in [4.78, 5) is 19.9. The van der Waals surface area contributed by atoms with Gasteiger partial charge in [-0.1, -0.05) is 43.0 Å². The Kier molecular flexibility index (Phi) is 8.33. The second-order valence-electron chi connectivity index (χ2n) is 11.3. The van der Waals surface area contributed by atoms with Crippen LogP contribution in [0.4, 0.5) is 0 Å². The quantitative estimate of drug-likeness (QED) is 0.443. The Labute approximate surface area is 233 Å². The average molecular weight is 521 g/mol. The molecule has 0 spiro atoms. The van der Waals surface area contributed by atoms with Gasteiger partial charge in [-0.3, -0.25) is 4.79 Å². The molecule has 2 fully saturated rings. The number of carbonyl (C=O) groups excluding carboxylic acids is 1. The number of piperidine rings is 2. The molecule has 2 saturated heterocycles. The molecule has 1 aromatic carbocycles. The lowest BCUT2D eigenvalue weighted by Crippen LogP contribution is -2.42. The zero-order valence-corrected chi connectivity index (χ0v) is 23.4. The number of nitrogens with zero attached hydrogens (tertiary/aromatic N) is 4. The van der Waals surface area contributed by atoms with Crippen molar-refractivity contribution < 1.29 is 4.79 Å². The third-order valence-corrected chi connectivity index (χ3v) is 8.94. The van der Waals surface area contributed by atoms with Gasteiger partial charge in [0.25, 0.3) is 5.91 Å². The van der Waals surface area contributed by atoms with Gasteiger partial charge in [-0.05, 0) is 106 Å². The number of benzene rings is 1. The molecule has 1 aliphatic carbocycles. The Morgan fingerprint density at radius 3 is 2.26 bits per heavy atom. The number of allylic oxidation sites excluding steroid dienone is 8. The summed E-state index contributed by atoms with van der Waals surface area (Å²) in [5.41, 5.74) is 5.68. The van der Waals surface area contributed by atoms with Crippen molar-refractivity contribution in [3.63, 3.8) is 0 Å². The summed E-state index contributed by atoms with van der Waals surface area (Å²) in [6, 6.07) is 10.3. The van der Waals surface area contributed by atoms with Gasteiger partial charge in [0.1, 0.15) is 0 Å². The Hall–Kier alpha value is -3.62. The Bertz CT molecular complexity index is 1270. The zero-order valence-electron chi connectivity index (χ0n) is 23.4. The molecule has 1 unspecified atom stereocenters. The molecular weight excluding hydrogens is 480 g/mol. The van der Waals surface area contributed by atoms with Crippen molar-refractivity contribution in [1.29, 1.82) is 5.26 Å². The molecule has 3 aliphatic heterocycles. The van der Waals surface area contributed by atoms with Crippen LogP contribution in [0.15, 0.2) is 90.5 Å². The predicted molar refractivity (Wildman–Crippen MR) is 158 cm³/mol. The number of hydrogen-bond acceptors (Lipinski definition) is 4. The van der Waals surface area contributed by atoms with Crippen molar-refractivity contribution in [2.45, 2.75) is 39.0 Å². The monoisotopic (exact) mass is 520 g/mol. The summed E-state index contributed by atoms with van der Waals surface area (Å²) in [5, 5.41) is 9.17. The van der Waals surface area contributed by atoms with Crippen molar-refractivity contribution in [3.8, 4) is 6.07 Å². The molecule has 202 valence electrons. The molecule has 0 aromatic heterocycles. The molecule has 39 heavy (non-hydrogen) atoms. The summed E-state index contributed by atoms with van der Waals surface area (Å²) < 4.78 is 0. The summed E-state index contributed by atoms with van der Waals surface area (Å²) in [5.74, 6) is 1.94. The van der Waals surface area contributed by atoms with E-state index in [-0.39, 0.29) is 11.8 Å². The van der Waals surface area contributed by atoms with Crippen LogP contribution < -0.4 is 0 Å². The van der Waals surface area contributed by atoms with Crippen LogP contribution in [0.3, 0.4) is 0 Å². The van der Waals surface area contributed by atoms with Crippen LogP contribution in [-0.4, -0.2) is 53.8 Å². The second-order valence-corrected chi connectivity index (χ2v) is 11.3. The second kappa shape index (κ2) is 12.1. The van der Waals surface area contributed by atoms with Gasteiger partial charge in [0.05, 0.1) is 6.07 Å². The fraction of sp³-hybridized carbons (Fsp3) is 0.412. The molecule has 1 amide bonds. The van der Waals surface area contributed by atoms with E-state index in [0.717, 1.165) is 72.3 Å². The van der Waals surface area contributed by atoms with Gasteiger partial charge in [0, 0.05) is 47.7 Å². The number of amides is 1. The molecule has 1 aromatic rings. The van der Waals surface area contributed by atoms with Crippen LogP contribution in [0, 0.1) is 29.1 Å². The fourth-order valence-corrected chi connectivity index (χ4v) is 6.46. The smallest absolute Gasteiger partial charge is 0.253 e. The van der Waals surface area contributed by atoms with Gasteiger partial charge in [-0.25, -0.2) is 0 Å². The minimum atomic E-state index is 0.150. The van der Waals surface area contributed by atoms with Crippen molar-refractivity contribution >= 4 is 11.5 Å². The Morgan fingerprint density at radius 1 is 1.00 bits per heavy atom. The first-order valence-corrected chi connectivity index (χ1v) is 14.4. The number of likely N-dealkylation sites (tertiary alicyclic amines) is 2. The fourth-order valence-electron chi connectivity index (χ4n) is 6.46. The van der Waals surface area contributed by atoms with E-state index in [1.165, 1.54) is 25.9 Å². The lowest BCUT2D eigenvalue weighted by atomic mass is 9.79. The lowest BCUT2D eigenvalue weighted by Gasteiger charge is -2.39. The third-order valence-electron chi connectivity index (χ3n) is 8.94. The highest BCUT2D eigenvalue weighted by molar-refractivity contribution is 5.94. The highest BCUT2D eigenvalue weighted by Crippen LogP contribution is 2.34. The highest BCUT2D eigenvalue weighted by Gasteiger charge is 2.30. The summed E-state index contributed by atoms with van der Waals surface area (Å²) in [6.45, 7) is 10.5. The molecular formula is C34H40N4O. The molecule has 5 heteroatoms. The van der Waals surface area contributed by atoms with Crippen LogP contribution >= 0.6 is 0 Å². The van der Waals surface area contributed by atoms with Crippen molar-refractivity contribution in [1.82, 2.24) is 14.7 Å². The number of carbonyl (C=O) groups is 1. The maximum Gasteiger partial charge on any atom is 0.253 e. The summed E-state index contributed by atoms with van der Waals surface area (Å²) in [7, 11) is 2.22. The molecule has 1 atom stereocenters. The molecule has 4 aliphatic rings. The maximum atomic E-state index is 13.3. The average Bonchev–Trinajstić information content (AvgIpc) is 2.99. The largest absolute Gasteiger partial charge is 0.339 e. The zero-order chi connectivity index (χ0) is 27.4. The van der Waals surface area contributed by atoms with Gasteiger partial charge in [-0.15, -0.1) is 0 Å². The van der Waals surface area contributed by atoms with Crippen molar-refractivity contribution in [3.05, 3.63) is 102 Å². The first kappa shape index (κ1) is 27.0. The van der Waals surface area contributed by atoms with Crippen LogP contribution in [-0.2, 0) is 0 Å². The Morgan fingerprint density at radius 2 is 1.67 bits per heavy atom. The maximum absolute atomic E-state index is 13.3. The minimum absolute atomic E-state index is 0.150. The third kappa shape index (κ3) is 6.02. The normalized spacial score (nSPS) is 23.5. The molecule has 3 heterocycles. The first-order chi connectivity index (χ1) is 19.0. The van der Waals surface area contributed by atoms with Crippen LogP contribution in [0.2, 0.25) is 0 Å². The van der Waals surface area contributed by atoms with E-state index in [0.29, 0.717) is 5.57 Å². The van der Waals surface area contributed by atoms with E-state index in [4.69, 9.17) is 5.26 Å². The SMILES string of the molecule is C=C1C=CC(c2ccc(C(=O)N3CCC(C4CCN(C)CC4)CC3)cc2)=CN1/C(=C\C)C1C=CC(C#N)=CC1. The standard InChI is InChI=1S/C34H40N4O/c1-4-33(30-9-6-26(23-35)7-10-30)38-24-32(8-5-25(38)2)27-11-13-31(14-12-27)34(39)37-21-17-29(18-22-37)28-15-19-36(3)20-16-28/h4-9,11-14,24,28-30H,2,10,15-22H2,1,3H3/b33-4-. The first-order valence-electron chi connectivity index (χ1n) is 14.4. The molecule has 0 saturated carbocycles. The van der Waals surface area contributed by atoms with Gasteiger partial charge < -0.3 is 14.7 Å². The summed E-state index contributed by atoms with van der Waals surface area (Å²) >= 11 is 0. The van der Waals surface area contributed by atoms with Gasteiger partial charge in [0.15, 0.2) is 0 Å². The van der Waals surface area contributed by atoms with E-state index >= 15 is 0 Å². The van der Waals surface area contributed by atoms with E-state index < -0.39 is 0 Å². The lowest BCUT2D eigenvalue weighted by molar-refractivity contribution is 0.0615. The highest BCUT2D eigenvalue weighted by atomic mass is 16.2. The van der Waals surface area contributed by atoms with Crippen LogP contribution in [0.1, 0.15) is 54.9 Å². The minimum Gasteiger partial charge on any atom is -0.339 e. The number of hydrogen-bond donors (Lipinski definition) is 0. The molecule has 0 radical (unpaired) electrons.